The second-order valence-electron chi connectivity index (χ2n) is 20.8. The van der Waals surface area contributed by atoms with E-state index < -0.39 is 11.9 Å². The number of rotatable bonds is 24. The summed E-state index contributed by atoms with van der Waals surface area (Å²) in [6.07, 6.45) is 12.0. The van der Waals surface area contributed by atoms with Crippen LogP contribution in [-0.2, 0) is 9.47 Å². The lowest BCUT2D eigenvalue weighted by molar-refractivity contribution is 0.0640. The molecule has 1 heterocycles. The predicted octanol–water partition coefficient (Wildman–Crippen LogP) is 18.3. The topological polar surface area (TPSA) is 176 Å². The third kappa shape index (κ3) is 20.4. The van der Waals surface area contributed by atoms with Gasteiger partial charge in [-0.3, -0.25) is 0 Å². The lowest BCUT2D eigenvalue weighted by atomic mass is 10.0. The van der Waals surface area contributed by atoms with E-state index in [1.54, 1.807) is 109 Å². The fraction of sp³-hybridized carbons (Fsp3) is 0.306. The molecule has 1 aliphatic rings. The number of carbonyl (C=O) groups excluding carboxylic acids is 2. The Morgan fingerprint density at radius 1 is 0.330 bits per heavy atom. The smallest absolute Gasteiger partial charge is 0.343 e. The van der Waals surface area contributed by atoms with E-state index in [-0.39, 0.29) is 39.6 Å². The highest BCUT2D eigenvalue weighted by Gasteiger charge is 2.14. The van der Waals surface area contributed by atoms with Crippen molar-refractivity contribution in [1.82, 2.24) is 0 Å². The van der Waals surface area contributed by atoms with Crippen molar-refractivity contribution in [3.8, 4) is 68.2 Å². The lowest BCUT2D eigenvalue weighted by Gasteiger charge is -2.16. The van der Waals surface area contributed by atoms with Crippen LogP contribution < -0.4 is 37.9 Å². The van der Waals surface area contributed by atoms with Crippen LogP contribution in [0, 0.1) is 0 Å². The SMILES string of the molecule is CCCCCCCOc1ccc(-c2ccc(C(=O)Oc3ccc(N=Nc4ccc5c(c4)OCCOCCOc4cc(N=Nc6ccc(OC(=O)c7ccc(-c8ccc(OCCCCCCC)cc8)cc7)cc6)ccc4OCCOCCO5)cc3)cc2)cc1. The average Bonchev–Trinajstić information content (AvgIpc) is 3.70. The Hall–Kier alpha value is -9.38. The molecule has 0 spiro atoms. The van der Waals surface area contributed by atoms with Crippen molar-refractivity contribution in [2.45, 2.75) is 78.1 Å². The van der Waals surface area contributed by atoms with Gasteiger partial charge >= 0.3 is 11.9 Å². The minimum absolute atomic E-state index is 0.217. The van der Waals surface area contributed by atoms with Gasteiger partial charge in [0.1, 0.15) is 49.4 Å². The molecule has 0 atom stereocenters. The van der Waals surface area contributed by atoms with E-state index in [0.717, 1.165) is 59.8 Å². The second-order valence-corrected chi connectivity index (χ2v) is 20.8. The van der Waals surface area contributed by atoms with E-state index in [0.29, 0.717) is 81.6 Å². The molecule has 0 fully saturated rings. The summed E-state index contributed by atoms with van der Waals surface area (Å²) in [6.45, 7) is 7.92. The van der Waals surface area contributed by atoms with Crippen LogP contribution in [0.5, 0.6) is 46.0 Å². The monoisotopic (exact) mass is 1190 g/mol. The van der Waals surface area contributed by atoms with E-state index >= 15 is 0 Å². The number of carbonyl (C=O) groups is 2. The summed E-state index contributed by atoms with van der Waals surface area (Å²) >= 11 is 0. The van der Waals surface area contributed by atoms with Crippen LogP contribution in [0.2, 0.25) is 0 Å². The summed E-state index contributed by atoms with van der Waals surface area (Å²) < 4.78 is 59.3. The molecule has 456 valence electrons. The molecule has 88 heavy (non-hydrogen) atoms. The summed E-state index contributed by atoms with van der Waals surface area (Å²) in [5, 5.41) is 17.7. The molecule has 16 nitrogen and oxygen atoms in total. The molecule has 0 saturated carbocycles. The van der Waals surface area contributed by atoms with Gasteiger partial charge in [-0.05, 0) is 156 Å². The summed E-state index contributed by atoms with van der Waals surface area (Å²) in [5.74, 6) is 3.46. The van der Waals surface area contributed by atoms with Gasteiger partial charge in [-0.1, -0.05) is 114 Å². The number of azo groups is 2. The van der Waals surface area contributed by atoms with Gasteiger partial charge in [-0.15, -0.1) is 0 Å². The molecule has 0 aromatic heterocycles. The Morgan fingerprint density at radius 3 is 1.00 bits per heavy atom. The molecule has 0 unspecified atom stereocenters. The van der Waals surface area contributed by atoms with Gasteiger partial charge in [0.15, 0.2) is 23.0 Å². The predicted molar refractivity (Wildman–Crippen MR) is 340 cm³/mol. The average molecular weight is 1190 g/mol. The van der Waals surface area contributed by atoms with Crippen molar-refractivity contribution in [3.63, 3.8) is 0 Å². The largest absolute Gasteiger partial charge is 0.494 e. The summed E-state index contributed by atoms with van der Waals surface area (Å²) in [4.78, 5) is 26.1. The van der Waals surface area contributed by atoms with Gasteiger partial charge in [0.05, 0.1) is 73.5 Å². The maximum atomic E-state index is 13.1. The van der Waals surface area contributed by atoms with Crippen molar-refractivity contribution >= 4 is 34.7 Å². The highest BCUT2D eigenvalue weighted by molar-refractivity contribution is 5.92. The molecule has 0 aliphatic carbocycles. The first-order chi connectivity index (χ1) is 43.3. The maximum absolute atomic E-state index is 13.1. The fourth-order valence-corrected chi connectivity index (χ4v) is 9.23. The lowest BCUT2D eigenvalue weighted by Crippen LogP contribution is -2.15. The number of unbranched alkanes of at least 4 members (excludes halogenated alkanes) is 8. The highest BCUT2D eigenvalue weighted by Crippen LogP contribution is 2.35. The molecular weight excluding hydrogens is 1110 g/mol. The molecular formula is C72H76N4O12. The molecule has 16 heteroatoms. The maximum Gasteiger partial charge on any atom is 0.343 e. The number of ether oxygens (including phenoxy) is 10. The second kappa shape index (κ2) is 34.7. The summed E-state index contributed by atoms with van der Waals surface area (Å²) in [5.41, 5.74) is 7.06. The molecule has 1 aliphatic heterocycles. The molecule has 0 amide bonds. The fourth-order valence-electron chi connectivity index (χ4n) is 9.23. The molecule has 0 N–H and O–H groups in total. The van der Waals surface area contributed by atoms with E-state index in [1.165, 1.54) is 51.4 Å². The standard InChI is InChI=1S/C72H76N4O12/c1-3-5-7-9-11-41-81-63-31-21-55(22-32-63)53-13-17-57(18-14-53)71(77)87-65-35-25-59(26-36-65)73-75-61-29-39-67-69(51-61)85-49-45-80-46-50-86-70-52-62(30-40-68(70)84-48-44-79-43-47-83-67)76-74-60-27-37-66(38-28-60)88-72(78)58-19-15-54(16-20-58)56-23-33-64(34-24-56)82-42-12-10-8-6-4-2/h13-40,51-52H,3-12,41-50H2,1-2H3. The first-order valence-corrected chi connectivity index (χ1v) is 30.4. The Bertz CT molecular complexity index is 3240. The molecule has 8 aromatic carbocycles. The van der Waals surface area contributed by atoms with Crippen molar-refractivity contribution in [3.05, 3.63) is 193 Å². The van der Waals surface area contributed by atoms with Crippen molar-refractivity contribution < 1.29 is 57.0 Å². The molecule has 9 rings (SSSR count). The number of hydrogen-bond acceptors (Lipinski definition) is 16. The van der Waals surface area contributed by atoms with Crippen LogP contribution in [0.25, 0.3) is 22.3 Å². The Kier molecular flexibility index (Phi) is 24.9. The van der Waals surface area contributed by atoms with Crippen LogP contribution >= 0.6 is 0 Å². The minimum atomic E-state index is -0.469. The zero-order valence-corrected chi connectivity index (χ0v) is 50.2. The summed E-state index contributed by atoms with van der Waals surface area (Å²) in [7, 11) is 0. The first-order valence-electron chi connectivity index (χ1n) is 30.4. The normalized spacial score (nSPS) is 13.1. The number of benzene rings is 8. The Labute approximate surface area is 515 Å². The van der Waals surface area contributed by atoms with Gasteiger partial charge in [-0.2, -0.15) is 20.5 Å². The van der Waals surface area contributed by atoms with Crippen LogP contribution in [0.3, 0.4) is 0 Å². The first kappa shape index (κ1) is 63.1. The van der Waals surface area contributed by atoms with Gasteiger partial charge in [0.25, 0.3) is 0 Å². The van der Waals surface area contributed by atoms with E-state index in [9.17, 15) is 9.59 Å². The van der Waals surface area contributed by atoms with E-state index in [4.69, 9.17) is 47.4 Å². The van der Waals surface area contributed by atoms with Crippen molar-refractivity contribution in [2.75, 3.05) is 66.1 Å². The van der Waals surface area contributed by atoms with E-state index in [1.807, 2.05) is 72.8 Å². The van der Waals surface area contributed by atoms with Crippen molar-refractivity contribution in [2.24, 2.45) is 20.5 Å². The number of nitrogens with zero attached hydrogens (tertiary/aromatic N) is 4. The van der Waals surface area contributed by atoms with Gasteiger partial charge in [-0.25, -0.2) is 9.59 Å². The zero-order valence-electron chi connectivity index (χ0n) is 50.2. The quantitative estimate of drug-likeness (QED) is 0.0243. The number of fused-ring (bicyclic) bond motifs is 2. The van der Waals surface area contributed by atoms with Crippen molar-refractivity contribution in [1.29, 1.82) is 0 Å². The van der Waals surface area contributed by atoms with Gasteiger partial charge in [0.2, 0.25) is 0 Å². The minimum Gasteiger partial charge on any atom is -0.494 e. The zero-order chi connectivity index (χ0) is 60.8. The number of esters is 2. The van der Waals surface area contributed by atoms with Crippen LogP contribution in [0.4, 0.5) is 22.7 Å². The van der Waals surface area contributed by atoms with Gasteiger partial charge < -0.3 is 47.4 Å². The highest BCUT2D eigenvalue weighted by atomic mass is 16.6. The molecule has 0 saturated heterocycles. The molecule has 8 aromatic rings. The third-order valence-corrected chi connectivity index (χ3v) is 14.1. The van der Waals surface area contributed by atoms with Crippen LogP contribution in [0.15, 0.2) is 202 Å². The Balaban J connectivity index is 0.706. The van der Waals surface area contributed by atoms with Crippen LogP contribution in [0.1, 0.15) is 98.8 Å². The third-order valence-electron chi connectivity index (χ3n) is 14.1. The summed E-state index contributed by atoms with van der Waals surface area (Å²) in [6, 6.07) is 54.8. The molecule has 0 radical (unpaired) electrons. The molecule has 0 bridgehead atoms. The van der Waals surface area contributed by atoms with E-state index in [2.05, 4.69) is 34.3 Å². The van der Waals surface area contributed by atoms with Gasteiger partial charge in [0, 0.05) is 12.1 Å². The number of hydrogen-bond donors (Lipinski definition) is 0. The Morgan fingerprint density at radius 2 is 0.636 bits per heavy atom. The van der Waals surface area contributed by atoms with Crippen LogP contribution in [-0.4, -0.2) is 78.0 Å².